The summed E-state index contributed by atoms with van der Waals surface area (Å²) in [6.07, 6.45) is 5.17. The lowest BCUT2D eigenvalue weighted by molar-refractivity contribution is 0.186. The number of urea groups is 1. The molecule has 5 heteroatoms. The van der Waals surface area contributed by atoms with E-state index in [1.807, 2.05) is 0 Å². The van der Waals surface area contributed by atoms with Crippen molar-refractivity contribution in [1.29, 1.82) is 0 Å². The molecule has 2 amide bonds. The van der Waals surface area contributed by atoms with Crippen LogP contribution in [0.15, 0.2) is 0 Å². The average Bonchev–Trinajstić information content (AvgIpc) is 2.46. The van der Waals surface area contributed by atoms with Crippen molar-refractivity contribution in [2.24, 2.45) is 5.92 Å². The van der Waals surface area contributed by atoms with Crippen LogP contribution in [0.1, 0.15) is 52.9 Å². The van der Waals surface area contributed by atoms with Crippen LogP contribution in [0.25, 0.3) is 0 Å². The number of hydrogen-bond donors (Lipinski definition) is 3. The molecule has 1 aliphatic heterocycles. The van der Waals surface area contributed by atoms with Crippen LogP contribution in [0.3, 0.4) is 0 Å². The van der Waals surface area contributed by atoms with Gasteiger partial charge in [-0.15, -0.1) is 0 Å². The Bertz CT molecular complexity index is 289. The number of piperidine rings is 1. The summed E-state index contributed by atoms with van der Waals surface area (Å²) in [7, 11) is 0. The zero-order valence-corrected chi connectivity index (χ0v) is 13.9. The molecule has 0 saturated carbocycles. The Labute approximate surface area is 129 Å². The zero-order valence-electron chi connectivity index (χ0n) is 13.9. The Balaban J connectivity index is 2.26. The quantitative estimate of drug-likeness (QED) is 0.642. The van der Waals surface area contributed by atoms with Crippen molar-refractivity contribution in [2.45, 2.75) is 65.0 Å². The third kappa shape index (κ3) is 7.14. The van der Waals surface area contributed by atoms with Gasteiger partial charge in [-0.25, -0.2) is 4.79 Å². The van der Waals surface area contributed by atoms with E-state index in [4.69, 9.17) is 5.11 Å². The molecule has 3 N–H and O–H groups in total. The van der Waals surface area contributed by atoms with Gasteiger partial charge in [0.1, 0.15) is 0 Å². The largest absolute Gasteiger partial charge is 0.396 e. The number of aliphatic hydroxyl groups excluding tert-OH is 1. The first-order valence-corrected chi connectivity index (χ1v) is 8.47. The summed E-state index contributed by atoms with van der Waals surface area (Å²) in [5.74, 6) is 0.332. The normalized spacial score (nSPS) is 18.7. The third-order valence-corrected chi connectivity index (χ3v) is 4.31. The lowest BCUT2D eigenvalue weighted by Crippen LogP contribution is -2.51. The van der Waals surface area contributed by atoms with Crippen LogP contribution in [0, 0.1) is 5.92 Å². The van der Waals surface area contributed by atoms with Gasteiger partial charge in [0.25, 0.3) is 0 Å². The lowest BCUT2D eigenvalue weighted by atomic mass is 10.0. The maximum atomic E-state index is 12.0. The van der Waals surface area contributed by atoms with E-state index < -0.39 is 0 Å². The average molecular weight is 299 g/mol. The van der Waals surface area contributed by atoms with Crippen molar-refractivity contribution in [3.63, 3.8) is 0 Å². The lowest BCUT2D eigenvalue weighted by Gasteiger charge is -2.33. The third-order valence-electron chi connectivity index (χ3n) is 4.31. The molecule has 1 unspecified atom stereocenters. The van der Waals surface area contributed by atoms with E-state index in [2.05, 4.69) is 36.3 Å². The fourth-order valence-electron chi connectivity index (χ4n) is 2.79. The first kappa shape index (κ1) is 18.2. The van der Waals surface area contributed by atoms with Crippen LogP contribution in [0.5, 0.6) is 0 Å². The van der Waals surface area contributed by atoms with E-state index in [0.717, 1.165) is 25.9 Å². The minimum absolute atomic E-state index is 0.0413. The molecule has 1 atom stereocenters. The fourth-order valence-corrected chi connectivity index (χ4v) is 2.79. The van der Waals surface area contributed by atoms with Crippen LogP contribution in [-0.2, 0) is 0 Å². The van der Waals surface area contributed by atoms with Crippen molar-refractivity contribution in [1.82, 2.24) is 15.5 Å². The van der Waals surface area contributed by atoms with Crippen LogP contribution in [0.2, 0.25) is 0 Å². The highest BCUT2D eigenvalue weighted by atomic mass is 16.3. The Kier molecular flexibility index (Phi) is 8.69. The Morgan fingerprint density at radius 1 is 1.33 bits per heavy atom. The van der Waals surface area contributed by atoms with E-state index >= 15 is 0 Å². The van der Waals surface area contributed by atoms with E-state index in [-0.39, 0.29) is 24.7 Å². The van der Waals surface area contributed by atoms with Gasteiger partial charge in [-0.1, -0.05) is 27.2 Å². The smallest absolute Gasteiger partial charge is 0.315 e. The number of nitrogens with zero attached hydrogens (tertiary/aromatic N) is 1. The van der Waals surface area contributed by atoms with Gasteiger partial charge in [0, 0.05) is 31.8 Å². The van der Waals surface area contributed by atoms with Gasteiger partial charge in [0.15, 0.2) is 0 Å². The molecule has 21 heavy (non-hydrogen) atoms. The van der Waals surface area contributed by atoms with Gasteiger partial charge < -0.3 is 20.6 Å². The molecule has 1 heterocycles. The first-order valence-electron chi connectivity index (χ1n) is 8.47. The summed E-state index contributed by atoms with van der Waals surface area (Å²) < 4.78 is 0. The van der Waals surface area contributed by atoms with Gasteiger partial charge in [-0.3, -0.25) is 0 Å². The molecule has 5 nitrogen and oxygen atoms in total. The first-order chi connectivity index (χ1) is 10.1. The zero-order chi connectivity index (χ0) is 15.7. The molecule has 124 valence electrons. The molecule has 0 aromatic carbocycles. The standard InChI is InChI=1S/C16H33N3O2/c1-4-5-9-19-10-6-14(7-11-19)17-16(21)18-15(8-12-20)13(2)3/h13-15,20H,4-12H2,1-3H3,(H2,17,18,21). The van der Waals surface area contributed by atoms with Crippen molar-refractivity contribution in [3.8, 4) is 0 Å². The number of likely N-dealkylation sites (tertiary alicyclic amines) is 1. The molecular formula is C16H33N3O2. The molecule has 1 aliphatic rings. The van der Waals surface area contributed by atoms with Crippen LogP contribution in [0.4, 0.5) is 4.79 Å². The summed E-state index contributed by atoms with van der Waals surface area (Å²) in [4.78, 5) is 14.5. The van der Waals surface area contributed by atoms with Crippen molar-refractivity contribution < 1.29 is 9.90 Å². The minimum Gasteiger partial charge on any atom is -0.396 e. The molecule has 0 spiro atoms. The number of carbonyl (C=O) groups excluding carboxylic acids is 1. The SMILES string of the molecule is CCCCN1CCC(NC(=O)NC(CCO)C(C)C)CC1. The van der Waals surface area contributed by atoms with Gasteiger partial charge >= 0.3 is 6.03 Å². The molecule has 1 saturated heterocycles. The summed E-state index contributed by atoms with van der Waals surface area (Å²) in [5, 5.41) is 15.1. The number of hydrogen-bond acceptors (Lipinski definition) is 3. The van der Waals surface area contributed by atoms with Crippen LogP contribution < -0.4 is 10.6 Å². The maximum absolute atomic E-state index is 12.0. The molecule has 1 rings (SSSR count). The molecule has 0 aromatic heterocycles. The number of nitrogens with one attached hydrogen (secondary N) is 2. The highest BCUT2D eigenvalue weighted by molar-refractivity contribution is 5.74. The van der Waals surface area contributed by atoms with Crippen molar-refractivity contribution in [2.75, 3.05) is 26.2 Å². The topological polar surface area (TPSA) is 64.6 Å². The fraction of sp³-hybridized carbons (Fsp3) is 0.938. The summed E-state index contributed by atoms with van der Waals surface area (Å²) in [5.41, 5.74) is 0. The minimum atomic E-state index is -0.0887. The molecular weight excluding hydrogens is 266 g/mol. The number of aliphatic hydroxyl groups is 1. The maximum Gasteiger partial charge on any atom is 0.315 e. The van der Waals surface area contributed by atoms with Gasteiger partial charge in [-0.05, 0) is 38.1 Å². The highest BCUT2D eigenvalue weighted by Crippen LogP contribution is 2.11. The number of rotatable bonds is 8. The Hall–Kier alpha value is -0.810. The van der Waals surface area contributed by atoms with Crippen molar-refractivity contribution in [3.05, 3.63) is 0 Å². The second kappa shape index (κ2) is 10.0. The van der Waals surface area contributed by atoms with Crippen LogP contribution >= 0.6 is 0 Å². The predicted molar refractivity (Wildman–Crippen MR) is 86.4 cm³/mol. The molecule has 0 aromatic rings. The number of carbonyl (C=O) groups is 1. The Morgan fingerprint density at radius 2 is 2.00 bits per heavy atom. The van der Waals surface area contributed by atoms with E-state index in [1.165, 1.54) is 19.4 Å². The van der Waals surface area contributed by atoms with Gasteiger partial charge in [0.2, 0.25) is 0 Å². The summed E-state index contributed by atoms with van der Waals surface area (Å²) >= 11 is 0. The molecule has 0 aliphatic carbocycles. The van der Waals surface area contributed by atoms with E-state index in [1.54, 1.807) is 0 Å². The Morgan fingerprint density at radius 3 is 2.52 bits per heavy atom. The second-order valence-electron chi connectivity index (χ2n) is 6.45. The van der Waals surface area contributed by atoms with Gasteiger partial charge in [-0.2, -0.15) is 0 Å². The number of unbranched alkanes of at least 4 members (excludes halogenated alkanes) is 1. The monoisotopic (exact) mass is 299 g/mol. The van der Waals surface area contributed by atoms with E-state index in [0.29, 0.717) is 12.3 Å². The van der Waals surface area contributed by atoms with Crippen LogP contribution in [-0.4, -0.2) is 54.4 Å². The highest BCUT2D eigenvalue weighted by Gasteiger charge is 2.22. The predicted octanol–water partition coefficient (Wildman–Crippen LogP) is 1.96. The summed E-state index contributed by atoms with van der Waals surface area (Å²) in [6.45, 7) is 9.79. The second-order valence-corrected chi connectivity index (χ2v) is 6.45. The molecule has 0 bridgehead atoms. The number of amides is 2. The van der Waals surface area contributed by atoms with Crippen molar-refractivity contribution >= 4 is 6.03 Å². The molecule has 0 radical (unpaired) electrons. The van der Waals surface area contributed by atoms with Gasteiger partial charge in [0.05, 0.1) is 0 Å². The van der Waals surface area contributed by atoms with E-state index in [9.17, 15) is 4.79 Å². The summed E-state index contributed by atoms with van der Waals surface area (Å²) in [6, 6.07) is 0.235. The molecule has 1 fully saturated rings.